The minimum absolute atomic E-state index is 0.0161. The summed E-state index contributed by atoms with van der Waals surface area (Å²) in [5.74, 6) is 1.99. The molecule has 1 aromatic heterocycles. The topological polar surface area (TPSA) is 32.3 Å². The number of carbonyl (C=O) groups is 1. The van der Waals surface area contributed by atoms with E-state index in [-0.39, 0.29) is 18.1 Å². The number of carbonyl (C=O) groups excluding carboxylic acids is 1. The van der Waals surface area contributed by atoms with E-state index in [1.165, 1.54) is 17.1 Å². The van der Waals surface area contributed by atoms with E-state index in [9.17, 15) is 4.79 Å². The van der Waals surface area contributed by atoms with Gasteiger partial charge in [-0.25, -0.2) is 0 Å². The fourth-order valence-corrected chi connectivity index (χ4v) is 4.06. The summed E-state index contributed by atoms with van der Waals surface area (Å²) >= 11 is 3.61. The third-order valence-corrected chi connectivity index (χ3v) is 5.39. The Kier molecular flexibility index (Phi) is 6.58. The van der Waals surface area contributed by atoms with Gasteiger partial charge in [-0.15, -0.1) is 11.3 Å². The molecule has 0 saturated carbocycles. The lowest BCUT2D eigenvalue weighted by Gasteiger charge is -2.23. The third kappa shape index (κ3) is 4.47. The van der Waals surface area contributed by atoms with Crippen LogP contribution in [-0.4, -0.2) is 35.4 Å². The maximum atomic E-state index is 12.7. The van der Waals surface area contributed by atoms with Crippen molar-refractivity contribution in [3.63, 3.8) is 0 Å². The second kappa shape index (κ2) is 8.20. The number of hydrogen-bond acceptors (Lipinski definition) is 4. The van der Waals surface area contributed by atoms with Crippen molar-refractivity contribution in [1.82, 2.24) is 10.2 Å². The van der Waals surface area contributed by atoms with Crippen LogP contribution in [0.3, 0.4) is 0 Å². The summed E-state index contributed by atoms with van der Waals surface area (Å²) in [6.07, 6.45) is 5.40. The molecule has 0 aromatic carbocycles. The number of hydrogen-bond donors (Lipinski definition) is 1. The zero-order valence-electron chi connectivity index (χ0n) is 13.2. The van der Waals surface area contributed by atoms with Gasteiger partial charge >= 0.3 is 0 Å². The van der Waals surface area contributed by atoms with Crippen LogP contribution in [0.1, 0.15) is 44.2 Å². The molecule has 1 saturated heterocycles. The van der Waals surface area contributed by atoms with Gasteiger partial charge in [0.2, 0.25) is 5.91 Å². The number of unbranched alkanes of at least 4 members (excludes halogenated alkanes) is 1. The predicted molar refractivity (Wildman–Crippen MR) is 92.8 cm³/mol. The van der Waals surface area contributed by atoms with E-state index < -0.39 is 0 Å². The van der Waals surface area contributed by atoms with Gasteiger partial charge in [0.25, 0.3) is 0 Å². The monoisotopic (exact) mass is 326 g/mol. The molecule has 5 heteroatoms. The van der Waals surface area contributed by atoms with Crippen molar-refractivity contribution in [1.29, 1.82) is 0 Å². The van der Waals surface area contributed by atoms with Crippen molar-refractivity contribution in [2.24, 2.45) is 5.92 Å². The van der Waals surface area contributed by atoms with E-state index in [4.69, 9.17) is 0 Å². The summed E-state index contributed by atoms with van der Waals surface area (Å²) in [7, 11) is 0. The molecule has 3 nitrogen and oxygen atoms in total. The SMILES string of the molecule is CSCCCCN1C(=O)C(CC(C)C)NC1c1cccs1. The summed E-state index contributed by atoms with van der Waals surface area (Å²) in [6.45, 7) is 5.22. The van der Waals surface area contributed by atoms with Crippen molar-refractivity contribution in [3.05, 3.63) is 22.4 Å². The number of thioether (sulfide) groups is 1. The first-order chi connectivity index (χ1) is 10.1. The van der Waals surface area contributed by atoms with Gasteiger partial charge in [0.1, 0.15) is 6.17 Å². The molecular weight excluding hydrogens is 300 g/mol. The molecule has 2 heterocycles. The Hall–Kier alpha value is -0.520. The standard InChI is InChI=1S/C16H26N2OS2/c1-12(2)11-13-16(19)18(8-4-5-9-20-3)15(17-13)14-7-6-10-21-14/h6-7,10,12-13,15,17H,4-5,8-9,11H2,1-3H3. The lowest BCUT2D eigenvalue weighted by Crippen LogP contribution is -2.32. The first-order valence-corrected chi connectivity index (χ1v) is 9.99. The Morgan fingerprint density at radius 3 is 2.86 bits per heavy atom. The van der Waals surface area contributed by atoms with Crippen LogP contribution < -0.4 is 5.32 Å². The molecule has 118 valence electrons. The Labute approximate surface area is 136 Å². The molecule has 2 rings (SSSR count). The highest BCUT2D eigenvalue weighted by Gasteiger charge is 2.39. The summed E-state index contributed by atoms with van der Waals surface area (Å²) in [6, 6.07) is 4.17. The second-order valence-corrected chi connectivity index (χ2v) is 7.96. The van der Waals surface area contributed by atoms with Gasteiger partial charge in [-0.2, -0.15) is 11.8 Å². The van der Waals surface area contributed by atoms with Crippen LogP contribution in [0.15, 0.2) is 17.5 Å². The van der Waals surface area contributed by atoms with E-state index in [1.54, 1.807) is 11.3 Å². The van der Waals surface area contributed by atoms with Crippen molar-refractivity contribution in [2.75, 3.05) is 18.6 Å². The fourth-order valence-electron chi connectivity index (χ4n) is 2.77. The summed E-state index contributed by atoms with van der Waals surface area (Å²) in [5.41, 5.74) is 0. The molecule has 2 atom stereocenters. The normalized spacial score (nSPS) is 22.5. The van der Waals surface area contributed by atoms with Gasteiger partial charge in [0.15, 0.2) is 0 Å². The van der Waals surface area contributed by atoms with Crippen molar-refractivity contribution in [3.8, 4) is 0 Å². The Balaban J connectivity index is 2.03. The molecular formula is C16H26N2OS2. The van der Waals surface area contributed by atoms with E-state index in [2.05, 4.69) is 47.8 Å². The number of nitrogens with one attached hydrogen (secondary N) is 1. The molecule has 1 aromatic rings. The maximum absolute atomic E-state index is 12.7. The molecule has 0 bridgehead atoms. The highest BCUT2D eigenvalue weighted by Crippen LogP contribution is 2.30. The Morgan fingerprint density at radius 2 is 2.24 bits per heavy atom. The molecule has 1 amide bonds. The number of rotatable bonds is 8. The first kappa shape index (κ1) is 16.8. The van der Waals surface area contributed by atoms with Crippen molar-refractivity contribution >= 4 is 29.0 Å². The number of thiophene rings is 1. The van der Waals surface area contributed by atoms with Gasteiger partial charge in [0.05, 0.1) is 6.04 Å². The van der Waals surface area contributed by atoms with E-state index in [0.717, 1.165) is 19.4 Å². The number of nitrogens with zero attached hydrogens (tertiary/aromatic N) is 1. The minimum Gasteiger partial charge on any atom is -0.321 e. The zero-order chi connectivity index (χ0) is 15.2. The smallest absolute Gasteiger partial charge is 0.241 e. The average molecular weight is 327 g/mol. The lowest BCUT2D eigenvalue weighted by molar-refractivity contribution is -0.130. The van der Waals surface area contributed by atoms with Gasteiger partial charge in [-0.05, 0) is 48.6 Å². The van der Waals surface area contributed by atoms with Crippen LogP contribution in [0.2, 0.25) is 0 Å². The van der Waals surface area contributed by atoms with Crippen LogP contribution in [0.5, 0.6) is 0 Å². The maximum Gasteiger partial charge on any atom is 0.241 e. The third-order valence-electron chi connectivity index (χ3n) is 3.77. The fraction of sp³-hybridized carbons (Fsp3) is 0.688. The zero-order valence-corrected chi connectivity index (χ0v) is 14.8. The largest absolute Gasteiger partial charge is 0.321 e. The molecule has 0 radical (unpaired) electrons. The molecule has 1 aliphatic heterocycles. The molecule has 21 heavy (non-hydrogen) atoms. The Morgan fingerprint density at radius 1 is 1.43 bits per heavy atom. The van der Waals surface area contributed by atoms with Crippen molar-refractivity contribution < 1.29 is 4.79 Å². The molecule has 1 N–H and O–H groups in total. The van der Waals surface area contributed by atoms with Gasteiger partial charge in [0, 0.05) is 11.4 Å². The predicted octanol–water partition coefficient (Wildman–Crippen LogP) is 3.74. The molecule has 2 unspecified atom stereocenters. The van der Waals surface area contributed by atoms with Gasteiger partial charge in [-0.3, -0.25) is 10.1 Å². The molecule has 1 aliphatic rings. The summed E-state index contributed by atoms with van der Waals surface area (Å²) in [4.78, 5) is 16.0. The summed E-state index contributed by atoms with van der Waals surface area (Å²) < 4.78 is 0. The van der Waals surface area contributed by atoms with E-state index in [0.29, 0.717) is 5.92 Å². The quantitative estimate of drug-likeness (QED) is 0.739. The summed E-state index contributed by atoms with van der Waals surface area (Å²) in [5, 5.41) is 5.63. The van der Waals surface area contributed by atoms with E-state index >= 15 is 0 Å². The van der Waals surface area contributed by atoms with Gasteiger partial charge < -0.3 is 4.90 Å². The highest BCUT2D eigenvalue weighted by atomic mass is 32.2. The van der Waals surface area contributed by atoms with Crippen LogP contribution >= 0.6 is 23.1 Å². The highest BCUT2D eigenvalue weighted by molar-refractivity contribution is 7.98. The van der Waals surface area contributed by atoms with Crippen molar-refractivity contribution in [2.45, 2.75) is 45.3 Å². The van der Waals surface area contributed by atoms with Gasteiger partial charge in [-0.1, -0.05) is 19.9 Å². The van der Waals surface area contributed by atoms with Crippen LogP contribution in [0.25, 0.3) is 0 Å². The first-order valence-electron chi connectivity index (χ1n) is 7.72. The van der Waals surface area contributed by atoms with Crippen LogP contribution in [-0.2, 0) is 4.79 Å². The minimum atomic E-state index is -0.0161. The molecule has 0 aliphatic carbocycles. The number of amides is 1. The second-order valence-electron chi connectivity index (χ2n) is 6.00. The lowest BCUT2D eigenvalue weighted by atomic mass is 10.0. The van der Waals surface area contributed by atoms with Crippen LogP contribution in [0, 0.1) is 5.92 Å². The Bertz CT molecular complexity index is 433. The molecule has 0 spiro atoms. The van der Waals surface area contributed by atoms with Crippen LogP contribution in [0.4, 0.5) is 0 Å². The average Bonchev–Trinajstić information content (AvgIpc) is 3.05. The molecule has 1 fully saturated rings. The van der Waals surface area contributed by atoms with E-state index in [1.807, 2.05) is 11.8 Å².